The summed E-state index contributed by atoms with van der Waals surface area (Å²) >= 11 is 0. The van der Waals surface area contributed by atoms with E-state index in [-0.39, 0.29) is 19.3 Å². The number of hydrogen-bond donors (Lipinski definition) is 2. The SMILES string of the molecule is CNc1nc(N2CC(CN)OC2=O)ccc1OCC=O. The number of nitrogens with one attached hydrogen (secondary N) is 1. The number of carbonyl (C=O) groups excluding carboxylic acids is 2. The number of hydrogen-bond acceptors (Lipinski definition) is 7. The summed E-state index contributed by atoms with van der Waals surface area (Å²) in [4.78, 5) is 27.7. The predicted octanol–water partition coefficient (Wildman–Crippen LogP) is -0.0151. The van der Waals surface area contributed by atoms with E-state index in [0.29, 0.717) is 30.2 Å². The Morgan fingerprint density at radius 3 is 3.05 bits per heavy atom. The number of pyridine rings is 1. The third kappa shape index (κ3) is 2.80. The third-order valence-corrected chi connectivity index (χ3v) is 2.80. The molecule has 1 aliphatic rings. The van der Waals surface area contributed by atoms with Crippen molar-refractivity contribution in [3.63, 3.8) is 0 Å². The summed E-state index contributed by atoms with van der Waals surface area (Å²) in [5.41, 5.74) is 5.48. The molecule has 8 nitrogen and oxygen atoms in total. The molecular weight excluding hydrogens is 264 g/mol. The van der Waals surface area contributed by atoms with E-state index in [4.69, 9.17) is 15.2 Å². The molecule has 108 valence electrons. The van der Waals surface area contributed by atoms with Gasteiger partial charge >= 0.3 is 6.09 Å². The zero-order chi connectivity index (χ0) is 14.5. The molecule has 0 bridgehead atoms. The maximum atomic E-state index is 11.7. The van der Waals surface area contributed by atoms with E-state index in [0.717, 1.165) is 0 Å². The first-order valence-corrected chi connectivity index (χ1v) is 6.13. The number of anilines is 2. The van der Waals surface area contributed by atoms with Crippen LogP contribution in [0.2, 0.25) is 0 Å². The van der Waals surface area contributed by atoms with Crippen LogP contribution in [0.25, 0.3) is 0 Å². The quantitative estimate of drug-likeness (QED) is 0.705. The Balaban J connectivity index is 2.21. The van der Waals surface area contributed by atoms with Crippen LogP contribution in [0, 0.1) is 0 Å². The van der Waals surface area contributed by atoms with E-state index in [1.54, 1.807) is 19.2 Å². The van der Waals surface area contributed by atoms with Gasteiger partial charge in [0.05, 0.1) is 6.54 Å². The fourth-order valence-corrected chi connectivity index (χ4v) is 1.84. The molecule has 3 N–H and O–H groups in total. The molecule has 1 fully saturated rings. The molecule has 2 heterocycles. The third-order valence-electron chi connectivity index (χ3n) is 2.80. The lowest BCUT2D eigenvalue weighted by Crippen LogP contribution is -2.28. The van der Waals surface area contributed by atoms with Crippen LogP contribution in [-0.4, -0.2) is 50.2 Å². The van der Waals surface area contributed by atoms with Gasteiger partial charge in [0, 0.05) is 13.6 Å². The number of aromatic nitrogens is 1. The largest absolute Gasteiger partial charge is 0.482 e. The molecule has 0 saturated carbocycles. The lowest BCUT2D eigenvalue weighted by atomic mass is 10.3. The van der Waals surface area contributed by atoms with Crippen LogP contribution in [0.15, 0.2) is 12.1 Å². The standard InChI is InChI=1S/C12H16N4O4/c1-14-11-9(19-5-4-17)2-3-10(15-11)16-7-8(6-13)20-12(16)18/h2-4,8H,5-7,13H2,1H3,(H,14,15). The van der Waals surface area contributed by atoms with E-state index in [2.05, 4.69) is 10.3 Å². The van der Waals surface area contributed by atoms with Crippen molar-refractivity contribution in [1.29, 1.82) is 0 Å². The van der Waals surface area contributed by atoms with Crippen molar-refractivity contribution in [2.24, 2.45) is 5.73 Å². The average molecular weight is 280 g/mol. The molecule has 0 spiro atoms. The molecule has 20 heavy (non-hydrogen) atoms. The number of nitrogens with zero attached hydrogens (tertiary/aromatic N) is 2. The van der Waals surface area contributed by atoms with Gasteiger partial charge in [-0.2, -0.15) is 0 Å². The molecule has 0 radical (unpaired) electrons. The van der Waals surface area contributed by atoms with Crippen LogP contribution in [0.3, 0.4) is 0 Å². The molecule has 1 aromatic heterocycles. The molecule has 2 rings (SSSR count). The van der Waals surface area contributed by atoms with Crippen molar-refractivity contribution in [3.8, 4) is 5.75 Å². The summed E-state index contributed by atoms with van der Waals surface area (Å²) in [5, 5.41) is 2.85. The Kier molecular flexibility index (Phi) is 4.36. The number of nitrogens with two attached hydrogens (primary N) is 1. The minimum absolute atomic E-state index is 0.0588. The Hall–Kier alpha value is -2.35. The highest BCUT2D eigenvalue weighted by molar-refractivity contribution is 5.89. The lowest BCUT2D eigenvalue weighted by molar-refractivity contribution is -0.109. The molecular formula is C12H16N4O4. The van der Waals surface area contributed by atoms with Crippen LogP contribution in [0.4, 0.5) is 16.4 Å². The van der Waals surface area contributed by atoms with E-state index >= 15 is 0 Å². The minimum Gasteiger partial charge on any atom is -0.482 e. The average Bonchev–Trinajstić information content (AvgIpc) is 2.86. The van der Waals surface area contributed by atoms with Crippen LogP contribution < -0.4 is 20.7 Å². The Morgan fingerprint density at radius 1 is 1.65 bits per heavy atom. The first kappa shape index (κ1) is 14.1. The Morgan fingerprint density at radius 2 is 2.45 bits per heavy atom. The molecule has 0 aliphatic carbocycles. The maximum absolute atomic E-state index is 11.7. The minimum atomic E-state index is -0.475. The van der Waals surface area contributed by atoms with Gasteiger partial charge in [-0.15, -0.1) is 0 Å². The van der Waals surface area contributed by atoms with Crippen LogP contribution in [0.1, 0.15) is 0 Å². The Labute approximate surface area is 115 Å². The second kappa shape index (κ2) is 6.20. The fraction of sp³-hybridized carbons (Fsp3) is 0.417. The maximum Gasteiger partial charge on any atom is 0.416 e. The van der Waals surface area contributed by atoms with Crippen molar-refractivity contribution in [3.05, 3.63) is 12.1 Å². The molecule has 1 atom stereocenters. The summed E-state index contributed by atoms with van der Waals surface area (Å²) in [5.74, 6) is 1.31. The normalized spacial score (nSPS) is 17.8. The van der Waals surface area contributed by atoms with Gasteiger partial charge in [0.1, 0.15) is 18.5 Å². The summed E-state index contributed by atoms with van der Waals surface area (Å²) in [6, 6.07) is 3.27. The molecule has 0 aromatic carbocycles. The highest BCUT2D eigenvalue weighted by atomic mass is 16.6. The molecule has 1 saturated heterocycles. The predicted molar refractivity (Wildman–Crippen MR) is 72.0 cm³/mol. The number of rotatable bonds is 6. The Bertz CT molecular complexity index is 508. The number of ether oxygens (including phenoxy) is 2. The van der Waals surface area contributed by atoms with Crippen molar-refractivity contribution in [2.45, 2.75) is 6.10 Å². The lowest BCUT2D eigenvalue weighted by Gasteiger charge is -2.15. The first-order chi connectivity index (χ1) is 9.69. The molecule has 1 unspecified atom stereocenters. The number of aldehydes is 1. The smallest absolute Gasteiger partial charge is 0.416 e. The monoisotopic (exact) mass is 280 g/mol. The molecule has 8 heteroatoms. The van der Waals surface area contributed by atoms with Crippen molar-refractivity contribution in [2.75, 3.05) is 37.0 Å². The highest BCUT2D eigenvalue weighted by Crippen LogP contribution is 2.27. The highest BCUT2D eigenvalue weighted by Gasteiger charge is 2.32. The van der Waals surface area contributed by atoms with Gasteiger partial charge in [-0.25, -0.2) is 9.78 Å². The van der Waals surface area contributed by atoms with Crippen molar-refractivity contribution < 1.29 is 19.1 Å². The van der Waals surface area contributed by atoms with Crippen LogP contribution in [0.5, 0.6) is 5.75 Å². The molecule has 1 aromatic rings. The van der Waals surface area contributed by atoms with Crippen LogP contribution in [-0.2, 0) is 9.53 Å². The summed E-state index contributed by atoms with van der Waals surface area (Å²) in [6.07, 6.45) is -0.151. The zero-order valence-corrected chi connectivity index (χ0v) is 11.0. The number of amides is 1. The van der Waals surface area contributed by atoms with Crippen molar-refractivity contribution >= 4 is 24.0 Å². The number of carbonyl (C=O) groups is 2. The van der Waals surface area contributed by atoms with Gasteiger partial charge in [0.25, 0.3) is 0 Å². The van der Waals surface area contributed by atoms with E-state index in [1.165, 1.54) is 4.90 Å². The first-order valence-electron chi connectivity index (χ1n) is 6.13. The van der Waals surface area contributed by atoms with E-state index in [1.807, 2.05) is 0 Å². The van der Waals surface area contributed by atoms with Crippen LogP contribution >= 0.6 is 0 Å². The van der Waals surface area contributed by atoms with Crippen molar-refractivity contribution in [1.82, 2.24) is 4.98 Å². The molecule has 1 amide bonds. The van der Waals surface area contributed by atoms with Gasteiger partial charge in [-0.05, 0) is 12.1 Å². The fourth-order valence-electron chi connectivity index (χ4n) is 1.84. The summed E-state index contributed by atoms with van der Waals surface area (Å²) in [7, 11) is 1.67. The van der Waals surface area contributed by atoms with Gasteiger partial charge in [0.15, 0.2) is 17.9 Å². The topological polar surface area (TPSA) is 107 Å². The number of cyclic esters (lactones) is 1. The second-order valence-electron chi connectivity index (χ2n) is 4.10. The second-order valence-corrected chi connectivity index (χ2v) is 4.10. The van der Waals surface area contributed by atoms with Gasteiger partial charge in [-0.1, -0.05) is 0 Å². The van der Waals surface area contributed by atoms with E-state index < -0.39 is 6.09 Å². The zero-order valence-electron chi connectivity index (χ0n) is 11.0. The van der Waals surface area contributed by atoms with Gasteiger partial charge in [-0.3, -0.25) is 9.69 Å². The van der Waals surface area contributed by atoms with Gasteiger partial charge < -0.3 is 20.5 Å². The molecule has 1 aliphatic heterocycles. The summed E-state index contributed by atoms with van der Waals surface area (Å²) in [6.45, 7) is 0.568. The van der Waals surface area contributed by atoms with Gasteiger partial charge in [0.2, 0.25) is 0 Å². The summed E-state index contributed by atoms with van der Waals surface area (Å²) < 4.78 is 10.3. The van der Waals surface area contributed by atoms with E-state index in [9.17, 15) is 9.59 Å².